The minimum atomic E-state index is -0.464. The van der Waals surface area contributed by atoms with Crippen molar-refractivity contribution in [3.8, 4) is 17.2 Å². The maximum atomic E-state index is 13.0. The van der Waals surface area contributed by atoms with Crippen LogP contribution in [0.3, 0.4) is 0 Å². The summed E-state index contributed by atoms with van der Waals surface area (Å²) in [5.74, 6) is -0.0268. The van der Waals surface area contributed by atoms with E-state index in [0.717, 1.165) is 26.2 Å². The van der Waals surface area contributed by atoms with Crippen LogP contribution in [0.2, 0.25) is 0 Å². The van der Waals surface area contributed by atoms with Gasteiger partial charge in [-0.1, -0.05) is 0 Å². The number of aliphatic hydroxyl groups is 1. The van der Waals surface area contributed by atoms with Crippen LogP contribution in [0.4, 0.5) is 0 Å². The number of nitrogens with zero attached hydrogens (tertiary/aromatic N) is 2. The Hall–Kier alpha value is -3.40. The summed E-state index contributed by atoms with van der Waals surface area (Å²) in [5.41, 5.74) is 0.885. The first-order valence-electron chi connectivity index (χ1n) is 10.7. The third-order valence-corrected chi connectivity index (χ3v) is 5.75. The molecule has 0 atom stereocenters. The number of piperazine rings is 1. The zero-order valence-corrected chi connectivity index (χ0v) is 18.3. The molecule has 2 aromatic carbocycles. The summed E-state index contributed by atoms with van der Waals surface area (Å²) in [4.78, 5) is 29.0. The van der Waals surface area contributed by atoms with E-state index < -0.39 is 5.97 Å². The summed E-state index contributed by atoms with van der Waals surface area (Å²) in [5, 5.41) is 19.9. The molecule has 33 heavy (non-hydrogen) atoms. The van der Waals surface area contributed by atoms with Gasteiger partial charge >= 0.3 is 5.97 Å². The first-order valence-corrected chi connectivity index (χ1v) is 10.7. The van der Waals surface area contributed by atoms with Crippen LogP contribution < -0.4 is 10.2 Å². The summed E-state index contributed by atoms with van der Waals surface area (Å²) in [7, 11) is 1.30. The molecule has 0 spiro atoms. The SMILES string of the molecule is COC(=O)c1ccc(Oc2coc3c(CN4CCN(CCO)CC4)c(O)ccc3c2=O)cc1. The molecule has 0 amide bonds. The fourth-order valence-corrected chi connectivity index (χ4v) is 3.89. The van der Waals surface area contributed by atoms with Crippen molar-refractivity contribution in [3.63, 3.8) is 0 Å². The van der Waals surface area contributed by atoms with E-state index in [1.807, 2.05) is 0 Å². The number of phenolic OH excluding ortho intramolecular Hbond substituents is 1. The number of methoxy groups -OCH3 is 1. The summed E-state index contributed by atoms with van der Waals surface area (Å²) >= 11 is 0. The summed E-state index contributed by atoms with van der Waals surface area (Å²) < 4.78 is 16.1. The number of phenols is 1. The Kier molecular flexibility index (Phi) is 6.93. The van der Waals surface area contributed by atoms with Gasteiger partial charge in [-0.25, -0.2) is 4.79 Å². The molecule has 9 nitrogen and oxygen atoms in total. The molecule has 0 unspecified atom stereocenters. The van der Waals surface area contributed by atoms with Gasteiger partial charge in [-0.2, -0.15) is 0 Å². The van der Waals surface area contributed by atoms with Gasteiger partial charge in [-0.3, -0.25) is 14.6 Å². The molecule has 0 saturated carbocycles. The molecule has 9 heteroatoms. The number of fused-ring (bicyclic) bond motifs is 1. The van der Waals surface area contributed by atoms with E-state index >= 15 is 0 Å². The van der Waals surface area contributed by atoms with Gasteiger partial charge in [0.2, 0.25) is 11.2 Å². The number of benzene rings is 2. The Morgan fingerprint density at radius 1 is 1.06 bits per heavy atom. The maximum absolute atomic E-state index is 13.0. The standard InChI is InChI=1S/C24H26N2O7/c1-31-24(30)16-2-4-17(5-3-16)33-21-15-32-23-18(22(21)29)6-7-20(28)19(23)14-26-10-8-25(9-11-26)12-13-27/h2-7,15,27-28H,8-14H2,1H3. The lowest BCUT2D eigenvalue weighted by Crippen LogP contribution is -2.46. The third kappa shape index (κ3) is 5.00. The molecular weight excluding hydrogens is 428 g/mol. The van der Waals surface area contributed by atoms with Crippen molar-refractivity contribution in [3.05, 3.63) is 64.0 Å². The lowest BCUT2D eigenvalue weighted by molar-refractivity contribution is 0.0600. The van der Waals surface area contributed by atoms with Gasteiger partial charge in [0.15, 0.2) is 0 Å². The van der Waals surface area contributed by atoms with Crippen molar-refractivity contribution in [2.75, 3.05) is 46.4 Å². The molecule has 0 aliphatic carbocycles. The number of β-amino-alcohol motifs (C(OH)–C–C–N with tert-alkyl or cyclic N) is 1. The topological polar surface area (TPSA) is 113 Å². The molecule has 1 aliphatic rings. The Labute approximate surface area is 190 Å². The van der Waals surface area contributed by atoms with Gasteiger partial charge < -0.3 is 24.1 Å². The number of hydrogen-bond acceptors (Lipinski definition) is 9. The van der Waals surface area contributed by atoms with Crippen molar-refractivity contribution < 1.29 is 28.9 Å². The molecular formula is C24H26N2O7. The monoisotopic (exact) mass is 454 g/mol. The van der Waals surface area contributed by atoms with Crippen molar-refractivity contribution in [2.24, 2.45) is 0 Å². The van der Waals surface area contributed by atoms with E-state index in [1.165, 1.54) is 25.5 Å². The van der Waals surface area contributed by atoms with Gasteiger partial charge in [0, 0.05) is 39.3 Å². The van der Waals surface area contributed by atoms with Crippen molar-refractivity contribution in [1.82, 2.24) is 9.80 Å². The Morgan fingerprint density at radius 2 is 1.76 bits per heavy atom. The molecule has 1 fully saturated rings. The largest absolute Gasteiger partial charge is 0.507 e. The van der Waals surface area contributed by atoms with Crippen LogP contribution in [0, 0.1) is 0 Å². The van der Waals surface area contributed by atoms with Gasteiger partial charge in [-0.05, 0) is 36.4 Å². The van der Waals surface area contributed by atoms with Crippen LogP contribution in [-0.4, -0.2) is 72.4 Å². The molecule has 3 aromatic rings. The first-order chi connectivity index (χ1) is 16.0. The number of ether oxygens (including phenoxy) is 2. The Balaban J connectivity index is 1.55. The van der Waals surface area contributed by atoms with E-state index in [0.29, 0.717) is 40.9 Å². The molecule has 4 rings (SSSR count). The molecule has 174 valence electrons. The molecule has 1 saturated heterocycles. The van der Waals surface area contributed by atoms with Crippen LogP contribution in [0.1, 0.15) is 15.9 Å². The van der Waals surface area contributed by atoms with Gasteiger partial charge in [-0.15, -0.1) is 0 Å². The van der Waals surface area contributed by atoms with Crippen molar-refractivity contribution >= 4 is 16.9 Å². The van der Waals surface area contributed by atoms with E-state index in [9.17, 15) is 14.7 Å². The predicted molar refractivity (Wildman–Crippen MR) is 121 cm³/mol. The number of rotatable bonds is 7. The molecule has 1 aliphatic heterocycles. The molecule has 1 aromatic heterocycles. The highest BCUT2D eigenvalue weighted by Gasteiger charge is 2.21. The maximum Gasteiger partial charge on any atom is 0.337 e. The van der Waals surface area contributed by atoms with Crippen LogP contribution in [0.5, 0.6) is 17.2 Å². The fraction of sp³-hybridized carbons (Fsp3) is 0.333. The minimum absolute atomic E-state index is 0.00238. The highest BCUT2D eigenvalue weighted by molar-refractivity contribution is 5.89. The fourth-order valence-electron chi connectivity index (χ4n) is 3.89. The second-order valence-electron chi connectivity index (χ2n) is 7.83. The zero-order valence-electron chi connectivity index (χ0n) is 18.3. The van der Waals surface area contributed by atoms with E-state index in [1.54, 1.807) is 24.3 Å². The third-order valence-electron chi connectivity index (χ3n) is 5.75. The van der Waals surface area contributed by atoms with Crippen LogP contribution in [0.15, 0.2) is 51.9 Å². The lowest BCUT2D eigenvalue weighted by Gasteiger charge is -2.34. The molecule has 2 N–H and O–H groups in total. The van der Waals surface area contributed by atoms with E-state index in [2.05, 4.69) is 14.5 Å². The Bertz CT molecular complexity index is 1180. The van der Waals surface area contributed by atoms with Crippen LogP contribution in [0.25, 0.3) is 11.0 Å². The Morgan fingerprint density at radius 3 is 2.42 bits per heavy atom. The number of hydrogen-bond donors (Lipinski definition) is 2. The zero-order chi connectivity index (χ0) is 23.4. The molecule has 0 bridgehead atoms. The average Bonchev–Trinajstić information content (AvgIpc) is 2.84. The number of aliphatic hydroxyl groups excluding tert-OH is 1. The number of carbonyl (C=O) groups excluding carboxylic acids is 1. The number of aromatic hydroxyl groups is 1. The quantitative estimate of drug-likeness (QED) is 0.519. The van der Waals surface area contributed by atoms with Gasteiger partial charge in [0.05, 0.1) is 30.2 Å². The predicted octanol–water partition coefficient (Wildman–Crippen LogP) is 2.19. The average molecular weight is 454 g/mol. The number of carbonyl (C=O) groups is 1. The van der Waals surface area contributed by atoms with Crippen LogP contribution >= 0.6 is 0 Å². The smallest absolute Gasteiger partial charge is 0.337 e. The molecule has 0 radical (unpaired) electrons. The van der Waals surface area contributed by atoms with Gasteiger partial charge in [0.1, 0.15) is 23.3 Å². The number of esters is 1. The van der Waals surface area contributed by atoms with Crippen molar-refractivity contribution in [1.29, 1.82) is 0 Å². The second-order valence-corrected chi connectivity index (χ2v) is 7.83. The highest BCUT2D eigenvalue weighted by atomic mass is 16.5. The van der Waals surface area contributed by atoms with Crippen LogP contribution in [-0.2, 0) is 11.3 Å². The second kappa shape index (κ2) is 10.0. The summed E-state index contributed by atoms with van der Waals surface area (Å²) in [6, 6.07) is 9.22. The molecule has 2 heterocycles. The highest BCUT2D eigenvalue weighted by Crippen LogP contribution is 2.30. The van der Waals surface area contributed by atoms with Gasteiger partial charge in [0.25, 0.3) is 0 Å². The summed E-state index contributed by atoms with van der Waals surface area (Å²) in [6.07, 6.45) is 1.24. The summed E-state index contributed by atoms with van der Waals surface area (Å²) in [6.45, 7) is 4.43. The lowest BCUT2D eigenvalue weighted by atomic mass is 10.1. The minimum Gasteiger partial charge on any atom is -0.507 e. The first kappa shape index (κ1) is 22.8. The normalized spacial score (nSPS) is 15.0. The van der Waals surface area contributed by atoms with E-state index in [-0.39, 0.29) is 23.5 Å². The van der Waals surface area contributed by atoms with Crippen molar-refractivity contribution in [2.45, 2.75) is 6.54 Å². The van der Waals surface area contributed by atoms with E-state index in [4.69, 9.17) is 14.3 Å².